The van der Waals surface area contributed by atoms with Gasteiger partial charge in [0.15, 0.2) is 6.10 Å². The highest BCUT2D eigenvalue weighted by molar-refractivity contribution is 7.92. The number of esters is 1. The molecule has 1 amide bonds. The van der Waals surface area contributed by atoms with E-state index < -0.39 is 28.0 Å². The largest absolute Gasteiger partial charge is 0.449 e. The first kappa shape index (κ1) is 23.3. The van der Waals surface area contributed by atoms with E-state index in [1.165, 1.54) is 42.2 Å². The van der Waals surface area contributed by atoms with Gasteiger partial charge in [-0.1, -0.05) is 41.9 Å². The fourth-order valence-electron chi connectivity index (χ4n) is 2.89. The molecule has 3 aromatic carbocycles. The Kier molecular flexibility index (Phi) is 7.17. The zero-order chi connectivity index (χ0) is 23.3. The molecule has 0 aliphatic carbocycles. The minimum absolute atomic E-state index is 0.000910. The molecule has 0 aliphatic heterocycles. The second-order valence-electron chi connectivity index (χ2n) is 6.92. The van der Waals surface area contributed by atoms with Crippen LogP contribution >= 0.6 is 11.6 Å². The lowest BCUT2D eigenvalue weighted by Crippen LogP contribution is -2.37. The lowest BCUT2D eigenvalue weighted by molar-refractivity contribution is -0.126. The molecule has 3 aromatic rings. The molecule has 0 aromatic heterocycles. The number of hydrogen-bond donors (Lipinski definition) is 1. The number of benzene rings is 3. The molecule has 1 N–H and O–H groups in total. The van der Waals surface area contributed by atoms with Crippen molar-refractivity contribution in [2.75, 3.05) is 16.7 Å². The normalized spacial score (nSPS) is 12.0. The van der Waals surface area contributed by atoms with Gasteiger partial charge in [-0.25, -0.2) is 13.2 Å². The molecule has 0 spiro atoms. The molecular formula is C23H21ClN2O5S. The summed E-state index contributed by atoms with van der Waals surface area (Å²) >= 11 is 5.89. The zero-order valence-electron chi connectivity index (χ0n) is 17.4. The summed E-state index contributed by atoms with van der Waals surface area (Å²) in [5, 5.41) is 0.377. The van der Waals surface area contributed by atoms with Gasteiger partial charge in [-0.05, 0) is 55.5 Å². The number of carbonyl (C=O) groups is 2. The van der Waals surface area contributed by atoms with E-state index in [4.69, 9.17) is 16.3 Å². The van der Waals surface area contributed by atoms with Gasteiger partial charge in [0.25, 0.3) is 15.9 Å². The Hall–Kier alpha value is -3.36. The van der Waals surface area contributed by atoms with Gasteiger partial charge in [0.05, 0.1) is 16.1 Å². The maximum atomic E-state index is 12.7. The van der Waals surface area contributed by atoms with E-state index in [0.29, 0.717) is 10.7 Å². The van der Waals surface area contributed by atoms with Gasteiger partial charge in [0.1, 0.15) is 0 Å². The molecule has 0 bridgehead atoms. The van der Waals surface area contributed by atoms with Crippen molar-refractivity contribution in [1.82, 2.24) is 0 Å². The van der Waals surface area contributed by atoms with Crippen molar-refractivity contribution in [3.05, 3.63) is 89.4 Å². The van der Waals surface area contributed by atoms with Crippen LogP contribution in [0.2, 0.25) is 5.02 Å². The minimum Gasteiger partial charge on any atom is -0.449 e. The van der Waals surface area contributed by atoms with Gasteiger partial charge in [-0.2, -0.15) is 0 Å². The smallest absolute Gasteiger partial charge is 0.338 e. The maximum absolute atomic E-state index is 12.7. The quantitative estimate of drug-likeness (QED) is 0.516. The number of likely N-dealkylation sites (N-methyl/N-ethyl adjacent to an activating group) is 1. The van der Waals surface area contributed by atoms with Crippen LogP contribution < -0.4 is 9.62 Å². The Balaban J connectivity index is 1.72. The highest BCUT2D eigenvalue weighted by Crippen LogP contribution is 2.21. The van der Waals surface area contributed by atoms with E-state index in [9.17, 15) is 18.0 Å². The number of nitrogens with zero attached hydrogens (tertiary/aromatic N) is 1. The summed E-state index contributed by atoms with van der Waals surface area (Å²) in [7, 11) is -2.39. The van der Waals surface area contributed by atoms with E-state index in [2.05, 4.69) is 4.72 Å². The average molecular weight is 473 g/mol. The summed E-state index contributed by atoms with van der Waals surface area (Å²) in [5.74, 6) is -1.23. The van der Waals surface area contributed by atoms with Crippen LogP contribution in [0.4, 0.5) is 11.4 Å². The van der Waals surface area contributed by atoms with Gasteiger partial charge < -0.3 is 9.64 Å². The summed E-state index contributed by atoms with van der Waals surface area (Å²) in [6.07, 6.45) is -1.07. The molecule has 3 rings (SSSR count). The third kappa shape index (κ3) is 5.66. The summed E-state index contributed by atoms with van der Waals surface area (Å²) in [6, 6.07) is 20.5. The summed E-state index contributed by atoms with van der Waals surface area (Å²) < 4.78 is 33.1. The second-order valence-corrected chi connectivity index (χ2v) is 9.04. The number of nitrogens with one attached hydrogen (secondary N) is 1. The standard InChI is InChI=1S/C23H21ClN2O5S/c1-16(22(27)26(2)20-11-4-3-5-12-20)31-23(28)17-8-6-13-21(14-17)32(29,30)25-19-10-7-9-18(24)15-19/h3-16,25H,1-2H3. The molecule has 0 heterocycles. The third-order valence-electron chi connectivity index (χ3n) is 4.56. The molecule has 32 heavy (non-hydrogen) atoms. The van der Waals surface area contributed by atoms with E-state index in [1.807, 2.05) is 6.07 Å². The first-order valence-corrected chi connectivity index (χ1v) is 11.5. The number of amides is 1. The third-order valence-corrected chi connectivity index (χ3v) is 6.18. The van der Waals surface area contributed by atoms with Crippen LogP contribution in [0.1, 0.15) is 17.3 Å². The van der Waals surface area contributed by atoms with Crippen LogP contribution in [-0.2, 0) is 19.6 Å². The highest BCUT2D eigenvalue weighted by atomic mass is 35.5. The van der Waals surface area contributed by atoms with Gasteiger partial charge >= 0.3 is 5.97 Å². The molecular weight excluding hydrogens is 452 g/mol. The van der Waals surface area contributed by atoms with Crippen LogP contribution in [0, 0.1) is 0 Å². The maximum Gasteiger partial charge on any atom is 0.338 e. The highest BCUT2D eigenvalue weighted by Gasteiger charge is 2.24. The van der Waals surface area contributed by atoms with Crippen molar-refractivity contribution < 1.29 is 22.7 Å². The van der Waals surface area contributed by atoms with Gasteiger partial charge in [-0.3, -0.25) is 9.52 Å². The average Bonchev–Trinajstić information content (AvgIpc) is 2.78. The Morgan fingerprint density at radius 3 is 2.34 bits per heavy atom. The second kappa shape index (κ2) is 9.84. The van der Waals surface area contributed by atoms with Gasteiger partial charge in [-0.15, -0.1) is 0 Å². The fourth-order valence-corrected chi connectivity index (χ4v) is 4.17. The van der Waals surface area contributed by atoms with Crippen molar-refractivity contribution in [3.63, 3.8) is 0 Å². The van der Waals surface area contributed by atoms with Crippen LogP contribution in [-0.4, -0.2) is 33.4 Å². The Labute approximate surface area is 191 Å². The molecule has 0 saturated heterocycles. The zero-order valence-corrected chi connectivity index (χ0v) is 18.9. The summed E-state index contributed by atoms with van der Waals surface area (Å²) in [4.78, 5) is 26.4. The number of anilines is 2. The Bertz CT molecular complexity index is 1230. The SMILES string of the molecule is CC(OC(=O)c1cccc(S(=O)(=O)Nc2cccc(Cl)c2)c1)C(=O)N(C)c1ccccc1. The summed E-state index contributed by atoms with van der Waals surface area (Å²) in [5.41, 5.74) is 0.940. The van der Waals surface area contributed by atoms with Crippen molar-refractivity contribution in [3.8, 4) is 0 Å². The van der Waals surface area contributed by atoms with Crippen LogP contribution in [0.3, 0.4) is 0 Å². The number of halogens is 1. The lowest BCUT2D eigenvalue weighted by Gasteiger charge is -2.21. The first-order valence-electron chi connectivity index (χ1n) is 9.59. The molecule has 0 fully saturated rings. The molecule has 7 nitrogen and oxygen atoms in total. The van der Waals surface area contributed by atoms with Crippen LogP contribution in [0.5, 0.6) is 0 Å². The molecule has 0 radical (unpaired) electrons. The van der Waals surface area contributed by atoms with Gasteiger partial charge in [0, 0.05) is 17.8 Å². The molecule has 0 saturated carbocycles. The molecule has 1 unspecified atom stereocenters. The molecule has 0 aliphatic rings. The molecule has 1 atom stereocenters. The van der Waals surface area contributed by atoms with E-state index >= 15 is 0 Å². The van der Waals surface area contributed by atoms with Crippen molar-refractivity contribution in [2.24, 2.45) is 0 Å². The molecule has 9 heteroatoms. The van der Waals surface area contributed by atoms with E-state index in [1.54, 1.807) is 49.5 Å². The monoisotopic (exact) mass is 472 g/mol. The van der Waals surface area contributed by atoms with Crippen molar-refractivity contribution in [1.29, 1.82) is 0 Å². The number of rotatable bonds is 7. The number of sulfonamides is 1. The number of ether oxygens (including phenoxy) is 1. The van der Waals surface area contributed by atoms with E-state index in [0.717, 1.165) is 0 Å². The Morgan fingerprint density at radius 1 is 0.969 bits per heavy atom. The summed E-state index contributed by atoms with van der Waals surface area (Å²) in [6.45, 7) is 1.46. The van der Waals surface area contributed by atoms with Crippen LogP contribution in [0.15, 0.2) is 83.8 Å². The molecule has 166 valence electrons. The van der Waals surface area contributed by atoms with Crippen molar-refractivity contribution in [2.45, 2.75) is 17.9 Å². The van der Waals surface area contributed by atoms with E-state index in [-0.39, 0.29) is 16.1 Å². The lowest BCUT2D eigenvalue weighted by atomic mass is 10.2. The van der Waals surface area contributed by atoms with Crippen LogP contribution in [0.25, 0.3) is 0 Å². The predicted octanol–water partition coefficient (Wildman–Crippen LogP) is 4.35. The minimum atomic E-state index is -3.97. The first-order chi connectivity index (χ1) is 15.2. The van der Waals surface area contributed by atoms with Crippen molar-refractivity contribution >= 4 is 44.9 Å². The predicted molar refractivity (Wildman–Crippen MR) is 123 cm³/mol. The number of para-hydroxylation sites is 1. The fraction of sp³-hybridized carbons (Fsp3) is 0.130. The topological polar surface area (TPSA) is 92.8 Å². The van der Waals surface area contributed by atoms with Gasteiger partial charge in [0.2, 0.25) is 0 Å². The Morgan fingerprint density at radius 2 is 1.66 bits per heavy atom. The number of carbonyl (C=O) groups excluding carboxylic acids is 2. The number of hydrogen-bond acceptors (Lipinski definition) is 5.